The van der Waals surface area contributed by atoms with Crippen LogP contribution in [0.25, 0.3) is 0 Å². The van der Waals surface area contributed by atoms with Crippen molar-refractivity contribution in [3.63, 3.8) is 0 Å². The third-order valence-electron chi connectivity index (χ3n) is 1.73. The summed E-state index contributed by atoms with van der Waals surface area (Å²) >= 11 is 1.63. The van der Waals surface area contributed by atoms with Gasteiger partial charge in [-0.25, -0.2) is 5.48 Å². The molecule has 1 aromatic rings. The van der Waals surface area contributed by atoms with Crippen molar-refractivity contribution < 1.29 is 9.94 Å². The van der Waals surface area contributed by atoms with Gasteiger partial charge in [0.2, 0.25) is 0 Å². The smallest absolute Gasteiger partial charge is 0.132 e. The zero-order valence-electron chi connectivity index (χ0n) is 7.70. The molecule has 0 radical (unpaired) electrons. The van der Waals surface area contributed by atoms with Crippen LogP contribution in [0.1, 0.15) is 5.56 Å². The third-order valence-corrected chi connectivity index (χ3v) is 2.49. The molecule has 3 nitrogen and oxygen atoms in total. The lowest BCUT2D eigenvalue weighted by Gasteiger charge is -2.07. The average Bonchev–Trinajstić information content (AvgIpc) is 2.18. The van der Waals surface area contributed by atoms with E-state index in [1.54, 1.807) is 18.9 Å². The largest absolute Gasteiger partial charge is 0.496 e. The highest BCUT2D eigenvalue weighted by molar-refractivity contribution is 7.98. The molecule has 0 aliphatic heterocycles. The fourth-order valence-electron chi connectivity index (χ4n) is 1.08. The van der Waals surface area contributed by atoms with Gasteiger partial charge in [-0.15, -0.1) is 11.8 Å². The average molecular weight is 199 g/mol. The highest BCUT2D eigenvalue weighted by atomic mass is 32.2. The molecule has 0 aliphatic carbocycles. The van der Waals surface area contributed by atoms with E-state index >= 15 is 0 Å². The first-order valence-corrected chi connectivity index (χ1v) is 5.12. The fourth-order valence-corrected chi connectivity index (χ4v) is 1.70. The number of methoxy groups -OCH3 is 1. The van der Waals surface area contributed by atoms with Gasteiger partial charge >= 0.3 is 0 Å². The standard InChI is InChI=1S/C9H13NO2S/c1-12-8-4-3-7(6-10-11)5-9(8)13-2/h3-5,10-11H,6H2,1-2H3. The molecular formula is C9H13NO2S. The van der Waals surface area contributed by atoms with Crippen LogP contribution in [0.4, 0.5) is 0 Å². The predicted molar refractivity (Wildman–Crippen MR) is 53.4 cm³/mol. The predicted octanol–water partition coefficient (Wildman–Crippen LogP) is 1.90. The maximum atomic E-state index is 8.52. The van der Waals surface area contributed by atoms with E-state index in [0.717, 1.165) is 16.2 Å². The maximum Gasteiger partial charge on any atom is 0.132 e. The zero-order valence-corrected chi connectivity index (χ0v) is 8.52. The molecule has 1 rings (SSSR count). The van der Waals surface area contributed by atoms with Crippen molar-refractivity contribution in [2.45, 2.75) is 11.4 Å². The second kappa shape index (κ2) is 5.11. The molecule has 1 aromatic carbocycles. The molecule has 13 heavy (non-hydrogen) atoms. The van der Waals surface area contributed by atoms with Gasteiger partial charge in [0, 0.05) is 11.4 Å². The summed E-state index contributed by atoms with van der Waals surface area (Å²) in [5.74, 6) is 0.870. The Labute approximate surface area is 82.1 Å². The highest BCUT2D eigenvalue weighted by Gasteiger charge is 2.02. The minimum Gasteiger partial charge on any atom is -0.496 e. The van der Waals surface area contributed by atoms with E-state index in [1.165, 1.54) is 0 Å². The summed E-state index contributed by atoms with van der Waals surface area (Å²) in [6, 6.07) is 5.81. The molecule has 0 aliphatic rings. The summed E-state index contributed by atoms with van der Waals surface area (Å²) in [5.41, 5.74) is 3.16. The van der Waals surface area contributed by atoms with E-state index in [9.17, 15) is 0 Å². The Balaban J connectivity index is 2.91. The second-order valence-corrected chi connectivity index (χ2v) is 3.37. The molecular weight excluding hydrogens is 186 g/mol. The molecule has 2 N–H and O–H groups in total. The number of hydrogen-bond donors (Lipinski definition) is 2. The first-order valence-electron chi connectivity index (χ1n) is 3.89. The van der Waals surface area contributed by atoms with Gasteiger partial charge in [0.15, 0.2) is 0 Å². The summed E-state index contributed by atoms with van der Waals surface area (Å²) in [5, 5.41) is 8.52. The Kier molecular flexibility index (Phi) is 4.08. The molecule has 0 aromatic heterocycles. The van der Waals surface area contributed by atoms with Gasteiger partial charge in [-0.2, -0.15) is 0 Å². The number of hydroxylamine groups is 1. The second-order valence-electron chi connectivity index (χ2n) is 2.52. The summed E-state index contributed by atoms with van der Waals surface area (Å²) in [7, 11) is 1.65. The Morgan fingerprint density at radius 3 is 2.85 bits per heavy atom. The Morgan fingerprint density at radius 1 is 1.54 bits per heavy atom. The van der Waals surface area contributed by atoms with Crippen LogP contribution in [0, 0.1) is 0 Å². The molecule has 72 valence electrons. The van der Waals surface area contributed by atoms with Crippen LogP contribution in [0.3, 0.4) is 0 Å². The van der Waals surface area contributed by atoms with Crippen LogP contribution in [-0.2, 0) is 6.54 Å². The van der Waals surface area contributed by atoms with E-state index in [-0.39, 0.29) is 0 Å². The molecule has 0 heterocycles. The van der Waals surface area contributed by atoms with Gasteiger partial charge in [0.1, 0.15) is 5.75 Å². The molecule has 0 bridgehead atoms. The Morgan fingerprint density at radius 2 is 2.31 bits per heavy atom. The van der Waals surface area contributed by atoms with E-state index in [0.29, 0.717) is 6.54 Å². The van der Waals surface area contributed by atoms with Crippen LogP contribution in [0.5, 0.6) is 5.75 Å². The number of ether oxygens (including phenoxy) is 1. The fraction of sp³-hybridized carbons (Fsp3) is 0.333. The number of thioether (sulfide) groups is 1. The monoisotopic (exact) mass is 199 g/mol. The van der Waals surface area contributed by atoms with E-state index in [2.05, 4.69) is 5.48 Å². The van der Waals surface area contributed by atoms with Crippen molar-refractivity contribution in [1.29, 1.82) is 0 Å². The van der Waals surface area contributed by atoms with E-state index in [1.807, 2.05) is 24.5 Å². The first-order chi connectivity index (χ1) is 6.31. The van der Waals surface area contributed by atoms with Gasteiger partial charge in [-0.3, -0.25) is 0 Å². The third kappa shape index (κ3) is 2.62. The minimum absolute atomic E-state index is 0.456. The molecule has 0 amide bonds. The maximum absolute atomic E-state index is 8.52. The summed E-state index contributed by atoms with van der Waals surface area (Å²) in [6.07, 6.45) is 1.99. The van der Waals surface area contributed by atoms with Crippen LogP contribution in [0.2, 0.25) is 0 Å². The van der Waals surface area contributed by atoms with Crippen molar-refractivity contribution in [3.05, 3.63) is 23.8 Å². The van der Waals surface area contributed by atoms with Crippen LogP contribution in [-0.4, -0.2) is 18.6 Å². The van der Waals surface area contributed by atoms with Crippen LogP contribution in [0.15, 0.2) is 23.1 Å². The number of rotatable bonds is 4. The van der Waals surface area contributed by atoms with Gasteiger partial charge < -0.3 is 9.94 Å². The Bertz CT molecular complexity index is 278. The first kappa shape index (κ1) is 10.4. The summed E-state index contributed by atoms with van der Waals surface area (Å²) < 4.78 is 5.17. The normalized spacial score (nSPS) is 10.1. The van der Waals surface area contributed by atoms with Gasteiger partial charge in [-0.1, -0.05) is 6.07 Å². The lowest BCUT2D eigenvalue weighted by molar-refractivity contribution is 0.161. The topological polar surface area (TPSA) is 41.5 Å². The number of benzene rings is 1. The Hall–Kier alpha value is -0.710. The van der Waals surface area contributed by atoms with E-state index in [4.69, 9.17) is 9.94 Å². The van der Waals surface area contributed by atoms with Crippen LogP contribution < -0.4 is 10.2 Å². The van der Waals surface area contributed by atoms with E-state index < -0.39 is 0 Å². The van der Waals surface area contributed by atoms with Gasteiger partial charge in [0.05, 0.1) is 7.11 Å². The quantitative estimate of drug-likeness (QED) is 0.574. The van der Waals surface area contributed by atoms with Crippen molar-refractivity contribution in [1.82, 2.24) is 5.48 Å². The van der Waals surface area contributed by atoms with Gasteiger partial charge in [-0.05, 0) is 24.0 Å². The highest BCUT2D eigenvalue weighted by Crippen LogP contribution is 2.28. The van der Waals surface area contributed by atoms with Crippen molar-refractivity contribution in [3.8, 4) is 5.75 Å². The molecule has 0 saturated heterocycles. The van der Waals surface area contributed by atoms with Crippen LogP contribution >= 0.6 is 11.8 Å². The minimum atomic E-state index is 0.456. The van der Waals surface area contributed by atoms with Crippen molar-refractivity contribution in [2.75, 3.05) is 13.4 Å². The molecule has 0 saturated carbocycles. The van der Waals surface area contributed by atoms with Crippen molar-refractivity contribution >= 4 is 11.8 Å². The van der Waals surface area contributed by atoms with Crippen molar-refractivity contribution in [2.24, 2.45) is 0 Å². The number of hydrogen-bond acceptors (Lipinski definition) is 4. The molecule has 0 spiro atoms. The lowest BCUT2D eigenvalue weighted by atomic mass is 10.2. The lowest BCUT2D eigenvalue weighted by Crippen LogP contribution is -2.06. The number of nitrogens with one attached hydrogen (secondary N) is 1. The zero-order chi connectivity index (χ0) is 9.68. The summed E-state index contributed by atoms with van der Waals surface area (Å²) in [6.45, 7) is 0.456. The summed E-state index contributed by atoms with van der Waals surface area (Å²) in [4.78, 5) is 1.08. The molecule has 4 heteroatoms. The SMILES string of the molecule is COc1ccc(CNO)cc1SC. The molecule has 0 atom stereocenters. The molecule has 0 fully saturated rings. The molecule has 0 unspecified atom stereocenters. The van der Waals surface area contributed by atoms with Gasteiger partial charge in [0.25, 0.3) is 0 Å².